The van der Waals surface area contributed by atoms with Crippen molar-refractivity contribution in [1.82, 2.24) is 0 Å². The van der Waals surface area contributed by atoms with E-state index in [2.05, 4.69) is 4.74 Å². The van der Waals surface area contributed by atoms with Crippen LogP contribution < -0.4 is 0 Å². The van der Waals surface area contributed by atoms with Crippen LogP contribution in [-0.2, 0) is 14.3 Å². The molecule has 0 fully saturated rings. The molecule has 1 N–H and O–H groups in total. The molecule has 0 saturated heterocycles. The van der Waals surface area contributed by atoms with Gasteiger partial charge in [0.2, 0.25) is 0 Å². The van der Waals surface area contributed by atoms with Gasteiger partial charge in [0.1, 0.15) is 0 Å². The lowest BCUT2D eigenvalue weighted by atomic mass is 9.93. The van der Waals surface area contributed by atoms with E-state index < -0.39 is 72.7 Å². The second-order valence-corrected chi connectivity index (χ2v) is 7.55. The molecule has 0 amide bonds. The summed E-state index contributed by atoms with van der Waals surface area (Å²) < 4.78 is 173. The Morgan fingerprint density at radius 2 is 1.18 bits per heavy atom. The second-order valence-electron chi connectivity index (χ2n) is 6.33. The Labute approximate surface area is 180 Å². The average molecular weight is 538 g/mol. The van der Waals surface area contributed by atoms with Gasteiger partial charge in [-0.05, 0) is 17.9 Å². The van der Waals surface area contributed by atoms with E-state index in [9.17, 15) is 66.7 Å². The number of hydrogen-bond acceptors (Lipinski definition) is 4. The van der Waals surface area contributed by atoms with Gasteiger partial charge in [0.05, 0.1) is 19.4 Å². The van der Waals surface area contributed by atoms with Crippen LogP contribution in [0.2, 0.25) is 0 Å². The monoisotopic (exact) mass is 538 g/mol. The number of carbonyl (C=O) groups excluding carboxylic acids is 1. The molecule has 0 heterocycles. The fourth-order valence-electron chi connectivity index (χ4n) is 1.89. The van der Waals surface area contributed by atoms with Crippen LogP contribution in [0.4, 0.5) is 57.1 Å². The number of rotatable bonds is 14. The van der Waals surface area contributed by atoms with Crippen LogP contribution in [0.1, 0.15) is 25.7 Å². The quantitative estimate of drug-likeness (QED) is 0.176. The SMILES string of the molecule is O=C(O)CCC(=O)OCCCSCCC(F)(F)C(F)(F)C(F)(F)C(F)(F)C(F)(F)C(F)(F)F. The van der Waals surface area contributed by atoms with E-state index in [1.54, 1.807) is 0 Å². The summed E-state index contributed by atoms with van der Waals surface area (Å²) in [5.41, 5.74) is 0. The van der Waals surface area contributed by atoms with Gasteiger partial charge >= 0.3 is 47.7 Å². The zero-order valence-electron chi connectivity index (χ0n) is 15.9. The first-order valence-electron chi connectivity index (χ1n) is 8.47. The molecule has 0 saturated carbocycles. The second kappa shape index (κ2) is 10.8. The van der Waals surface area contributed by atoms with Gasteiger partial charge in [-0.2, -0.15) is 68.8 Å². The standard InChI is InChI=1S/C15H15F13O4S/c16-10(17,4-7-33-6-1-5-32-9(31)3-2-8(29)30)11(18,19)12(20,21)13(22,23)14(24,25)15(26,27)28/h1-7H2,(H,29,30). The average Bonchev–Trinajstić information content (AvgIpc) is 2.63. The van der Waals surface area contributed by atoms with Crippen LogP contribution in [0.3, 0.4) is 0 Å². The van der Waals surface area contributed by atoms with E-state index in [1.165, 1.54) is 0 Å². The summed E-state index contributed by atoms with van der Waals surface area (Å²) in [5.74, 6) is -40.5. The van der Waals surface area contributed by atoms with Crippen LogP contribution in [0, 0.1) is 0 Å². The maximum atomic E-state index is 13.5. The molecule has 0 aliphatic rings. The van der Waals surface area contributed by atoms with Crippen molar-refractivity contribution in [3.8, 4) is 0 Å². The molecule has 0 atom stereocenters. The van der Waals surface area contributed by atoms with E-state index in [-0.39, 0.29) is 18.8 Å². The van der Waals surface area contributed by atoms with Crippen molar-refractivity contribution in [2.75, 3.05) is 18.1 Å². The van der Waals surface area contributed by atoms with Gasteiger partial charge in [-0.1, -0.05) is 0 Å². The normalized spacial score (nSPS) is 14.3. The molecular weight excluding hydrogens is 523 g/mol. The van der Waals surface area contributed by atoms with Gasteiger partial charge in [0, 0.05) is 6.42 Å². The number of halogens is 13. The maximum absolute atomic E-state index is 13.5. The van der Waals surface area contributed by atoms with Gasteiger partial charge in [0.25, 0.3) is 0 Å². The van der Waals surface area contributed by atoms with Crippen LogP contribution in [0.25, 0.3) is 0 Å². The Bertz CT molecular complexity index is 679. The van der Waals surface area contributed by atoms with Crippen molar-refractivity contribution in [3.63, 3.8) is 0 Å². The smallest absolute Gasteiger partial charge is 0.460 e. The number of thioether (sulfide) groups is 1. The molecule has 0 aromatic heterocycles. The fourth-order valence-corrected chi connectivity index (χ4v) is 2.82. The zero-order chi connectivity index (χ0) is 26.5. The summed E-state index contributed by atoms with van der Waals surface area (Å²) in [6.07, 6.45) is -10.9. The summed E-state index contributed by atoms with van der Waals surface area (Å²) in [4.78, 5) is 21.3. The highest BCUT2D eigenvalue weighted by molar-refractivity contribution is 7.99. The maximum Gasteiger partial charge on any atom is 0.460 e. The molecule has 0 aromatic carbocycles. The van der Waals surface area contributed by atoms with Crippen molar-refractivity contribution in [3.05, 3.63) is 0 Å². The molecule has 0 aromatic rings. The van der Waals surface area contributed by atoms with E-state index in [0.717, 1.165) is 0 Å². The summed E-state index contributed by atoms with van der Waals surface area (Å²) in [6.45, 7) is -0.380. The molecule has 0 unspecified atom stereocenters. The molecule has 0 aliphatic carbocycles. The van der Waals surface area contributed by atoms with Crippen molar-refractivity contribution in [2.24, 2.45) is 0 Å². The number of carbonyl (C=O) groups is 2. The van der Waals surface area contributed by atoms with E-state index >= 15 is 0 Å². The van der Waals surface area contributed by atoms with Crippen LogP contribution in [0.15, 0.2) is 0 Å². The molecule has 33 heavy (non-hydrogen) atoms. The van der Waals surface area contributed by atoms with Gasteiger partial charge in [-0.3, -0.25) is 9.59 Å². The van der Waals surface area contributed by atoms with Gasteiger partial charge in [-0.15, -0.1) is 0 Å². The topological polar surface area (TPSA) is 63.6 Å². The minimum Gasteiger partial charge on any atom is -0.481 e. The Balaban J connectivity index is 4.94. The zero-order valence-corrected chi connectivity index (χ0v) is 16.8. The third kappa shape index (κ3) is 6.94. The van der Waals surface area contributed by atoms with Gasteiger partial charge in [0.15, 0.2) is 0 Å². The van der Waals surface area contributed by atoms with E-state index in [4.69, 9.17) is 5.11 Å². The minimum absolute atomic E-state index is 0.128. The predicted molar refractivity (Wildman–Crippen MR) is 85.2 cm³/mol. The molecule has 4 nitrogen and oxygen atoms in total. The highest BCUT2D eigenvalue weighted by Crippen LogP contribution is 2.60. The third-order valence-corrected chi connectivity index (χ3v) is 4.87. The predicted octanol–water partition coefficient (Wildman–Crippen LogP) is 5.65. The molecule has 196 valence electrons. The Kier molecular flexibility index (Phi) is 10.2. The highest BCUT2D eigenvalue weighted by atomic mass is 32.2. The van der Waals surface area contributed by atoms with Crippen molar-refractivity contribution < 1.29 is 76.5 Å². The largest absolute Gasteiger partial charge is 0.481 e. The van der Waals surface area contributed by atoms with Crippen molar-refractivity contribution >= 4 is 23.7 Å². The van der Waals surface area contributed by atoms with Crippen molar-refractivity contribution in [1.29, 1.82) is 0 Å². The molecule has 0 spiro atoms. The molecule has 0 aliphatic heterocycles. The van der Waals surface area contributed by atoms with E-state index in [0.29, 0.717) is 11.8 Å². The molecular formula is C15H15F13O4S. The minimum atomic E-state index is -7.91. The number of carboxylic acid groups (broad SMARTS) is 1. The summed E-state index contributed by atoms with van der Waals surface area (Å²) >= 11 is 0.335. The number of esters is 1. The first-order valence-corrected chi connectivity index (χ1v) is 9.62. The summed E-state index contributed by atoms with van der Waals surface area (Å²) in [6, 6.07) is 0. The van der Waals surface area contributed by atoms with Crippen LogP contribution in [-0.4, -0.2) is 70.9 Å². The lowest BCUT2D eigenvalue weighted by molar-refractivity contribution is -0.439. The molecule has 18 heteroatoms. The Morgan fingerprint density at radius 3 is 1.64 bits per heavy atom. The third-order valence-electron chi connectivity index (χ3n) is 3.80. The number of carboxylic acids is 1. The Hall–Kier alpha value is -1.62. The highest BCUT2D eigenvalue weighted by Gasteiger charge is 2.90. The number of ether oxygens (including phenoxy) is 1. The summed E-state index contributed by atoms with van der Waals surface area (Å²) in [5, 5.41) is 8.32. The lowest BCUT2D eigenvalue weighted by Gasteiger charge is -2.39. The van der Waals surface area contributed by atoms with Crippen molar-refractivity contribution in [2.45, 2.75) is 61.5 Å². The molecule has 0 rings (SSSR count). The van der Waals surface area contributed by atoms with E-state index in [1.807, 2.05) is 0 Å². The Morgan fingerprint density at radius 1 is 0.697 bits per heavy atom. The number of hydrogen-bond donors (Lipinski definition) is 1. The number of alkyl halides is 13. The lowest BCUT2D eigenvalue weighted by Crippen LogP contribution is -2.70. The number of aliphatic carboxylic acids is 1. The fraction of sp³-hybridized carbons (Fsp3) is 0.867. The molecule has 0 bridgehead atoms. The first kappa shape index (κ1) is 31.4. The van der Waals surface area contributed by atoms with Crippen LogP contribution in [0.5, 0.6) is 0 Å². The van der Waals surface area contributed by atoms with Gasteiger partial charge < -0.3 is 9.84 Å². The summed E-state index contributed by atoms with van der Waals surface area (Å²) in [7, 11) is 0. The van der Waals surface area contributed by atoms with Gasteiger partial charge in [-0.25, -0.2) is 0 Å². The molecule has 0 radical (unpaired) electrons. The first-order chi connectivity index (χ1) is 14.6. The van der Waals surface area contributed by atoms with Crippen LogP contribution >= 0.6 is 11.8 Å².